The molecule has 3 aromatic rings. The number of nitrogens with zero attached hydrogens (tertiary/aromatic N) is 2. The SMILES string of the molecule is CC(C)c1ccc(-c2noc(CCC(=O)Nc3ccc(NC(=O)C4CC4)cc3)n2)cc1. The van der Waals surface area contributed by atoms with Crippen LogP contribution in [-0.2, 0) is 16.0 Å². The Balaban J connectivity index is 1.26. The number of nitrogens with one attached hydrogen (secondary N) is 2. The molecule has 1 aliphatic carbocycles. The molecule has 0 bridgehead atoms. The Bertz CT molecular complexity index is 1050. The second-order valence-corrected chi connectivity index (χ2v) is 8.18. The molecule has 1 aromatic heterocycles. The molecule has 0 saturated heterocycles. The predicted octanol–water partition coefficient (Wildman–Crippen LogP) is 4.78. The predicted molar refractivity (Wildman–Crippen MR) is 119 cm³/mol. The highest BCUT2D eigenvalue weighted by molar-refractivity contribution is 5.95. The van der Waals surface area contributed by atoms with Gasteiger partial charge in [-0.05, 0) is 48.6 Å². The first-order valence-electron chi connectivity index (χ1n) is 10.6. The smallest absolute Gasteiger partial charge is 0.227 e. The number of hydrogen-bond donors (Lipinski definition) is 2. The molecule has 0 aliphatic heterocycles. The third kappa shape index (κ3) is 5.57. The van der Waals surface area contributed by atoms with Crippen molar-refractivity contribution in [3.8, 4) is 11.4 Å². The maximum Gasteiger partial charge on any atom is 0.227 e. The van der Waals surface area contributed by atoms with Gasteiger partial charge in [0.25, 0.3) is 0 Å². The zero-order valence-electron chi connectivity index (χ0n) is 17.7. The van der Waals surface area contributed by atoms with Crippen LogP contribution in [0.4, 0.5) is 11.4 Å². The van der Waals surface area contributed by atoms with E-state index >= 15 is 0 Å². The molecule has 0 unspecified atom stereocenters. The summed E-state index contributed by atoms with van der Waals surface area (Å²) in [5, 5.41) is 9.74. The Morgan fingerprint density at radius 2 is 1.65 bits per heavy atom. The zero-order chi connectivity index (χ0) is 21.8. The van der Waals surface area contributed by atoms with Gasteiger partial charge in [-0.25, -0.2) is 0 Å². The lowest BCUT2D eigenvalue weighted by Crippen LogP contribution is -2.14. The van der Waals surface area contributed by atoms with E-state index in [1.54, 1.807) is 24.3 Å². The molecule has 4 rings (SSSR count). The van der Waals surface area contributed by atoms with Crippen LogP contribution in [0.5, 0.6) is 0 Å². The molecule has 7 nitrogen and oxygen atoms in total. The molecule has 1 heterocycles. The van der Waals surface area contributed by atoms with E-state index in [1.807, 2.05) is 12.1 Å². The number of rotatable bonds is 8. The first-order chi connectivity index (χ1) is 15.0. The Kier molecular flexibility index (Phi) is 6.11. The number of carbonyl (C=O) groups excluding carboxylic acids is 2. The average molecular weight is 418 g/mol. The normalized spacial score (nSPS) is 13.3. The summed E-state index contributed by atoms with van der Waals surface area (Å²) in [5.74, 6) is 1.49. The number of amides is 2. The second-order valence-electron chi connectivity index (χ2n) is 8.18. The first-order valence-corrected chi connectivity index (χ1v) is 10.6. The van der Waals surface area contributed by atoms with Gasteiger partial charge in [-0.15, -0.1) is 0 Å². The van der Waals surface area contributed by atoms with E-state index < -0.39 is 0 Å². The summed E-state index contributed by atoms with van der Waals surface area (Å²) in [6.07, 6.45) is 2.52. The van der Waals surface area contributed by atoms with Crippen LogP contribution in [0.15, 0.2) is 53.1 Å². The fraction of sp³-hybridized carbons (Fsp3) is 0.333. The minimum atomic E-state index is -0.143. The molecule has 2 amide bonds. The van der Waals surface area contributed by atoms with Gasteiger partial charge < -0.3 is 15.2 Å². The number of carbonyl (C=O) groups is 2. The van der Waals surface area contributed by atoms with Crippen molar-refractivity contribution < 1.29 is 14.1 Å². The van der Waals surface area contributed by atoms with Crippen molar-refractivity contribution in [1.29, 1.82) is 0 Å². The maximum atomic E-state index is 12.3. The lowest BCUT2D eigenvalue weighted by atomic mass is 10.0. The van der Waals surface area contributed by atoms with Crippen LogP contribution in [0.1, 0.15) is 50.5 Å². The molecule has 0 atom stereocenters. The van der Waals surface area contributed by atoms with E-state index in [-0.39, 0.29) is 24.2 Å². The van der Waals surface area contributed by atoms with E-state index in [2.05, 4.69) is 46.8 Å². The van der Waals surface area contributed by atoms with Gasteiger partial charge in [0.05, 0.1) is 0 Å². The van der Waals surface area contributed by atoms with Crippen molar-refractivity contribution in [3.63, 3.8) is 0 Å². The van der Waals surface area contributed by atoms with E-state index in [1.165, 1.54) is 5.56 Å². The third-order valence-corrected chi connectivity index (χ3v) is 5.25. The molecule has 31 heavy (non-hydrogen) atoms. The standard InChI is InChI=1S/C24H26N4O3/c1-15(2)16-3-5-17(6-4-16)23-27-22(31-28-23)14-13-21(29)25-19-9-11-20(12-10-19)26-24(30)18-7-8-18/h3-6,9-12,15,18H,7-8,13-14H2,1-2H3,(H,25,29)(H,26,30). The van der Waals surface area contributed by atoms with Crippen LogP contribution in [0, 0.1) is 5.92 Å². The van der Waals surface area contributed by atoms with Crippen molar-refractivity contribution in [2.24, 2.45) is 5.92 Å². The van der Waals surface area contributed by atoms with Crippen LogP contribution < -0.4 is 10.6 Å². The lowest BCUT2D eigenvalue weighted by molar-refractivity contribution is -0.117. The highest BCUT2D eigenvalue weighted by atomic mass is 16.5. The number of aryl methyl sites for hydroxylation is 1. The summed E-state index contributed by atoms with van der Waals surface area (Å²) in [6, 6.07) is 15.2. The fourth-order valence-electron chi connectivity index (χ4n) is 3.16. The molecule has 1 fully saturated rings. The van der Waals surface area contributed by atoms with E-state index in [9.17, 15) is 9.59 Å². The highest BCUT2D eigenvalue weighted by Crippen LogP contribution is 2.30. The molecule has 2 aromatic carbocycles. The Labute approximate surface area is 181 Å². The molecule has 0 spiro atoms. The van der Waals surface area contributed by atoms with Gasteiger partial charge >= 0.3 is 0 Å². The van der Waals surface area contributed by atoms with Crippen LogP contribution in [-0.4, -0.2) is 22.0 Å². The molecule has 1 aliphatic rings. The molecule has 2 N–H and O–H groups in total. The third-order valence-electron chi connectivity index (χ3n) is 5.25. The van der Waals surface area contributed by atoms with Crippen molar-refractivity contribution in [2.75, 3.05) is 10.6 Å². The Morgan fingerprint density at radius 1 is 1.00 bits per heavy atom. The van der Waals surface area contributed by atoms with E-state index in [0.29, 0.717) is 29.7 Å². The fourth-order valence-corrected chi connectivity index (χ4v) is 3.16. The van der Waals surface area contributed by atoms with Crippen LogP contribution in [0.3, 0.4) is 0 Å². The monoisotopic (exact) mass is 418 g/mol. The summed E-state index contributed by atoms with van der Waals surface area (Å²) >= 11 is 0. The average Bonchev–Trinajstić information content (AvgIpc) is 3.52. The van der Waals surface area contributed by atoms with Crippen LogP contribution >= 0.6 is 0 Å². The summed E-state index contributed by atoms with van der Waals surface area (Å²) < 4.78 is 5.29. The summed E-state index contributed by atoms with van der Waals surface area (Å²) in [7, 11) is 0. The van der Waals surface area contributed by atoms with Gasteiger partial charge in [0, 0.05) is 35.7 Å². The topological polar surface area (TPSA) is 97.1 Å². The molecular weight excluding hydrogens is 392 g/mol. The van der Waals surface area contributed by atoms with Crippen molar-refractivity contribution in [3.05, 3.63) is 60.0 Å². The van der Waals surface area contributed by atoms with E-state index in [0.717, 1.165) is 24.1 Å². The number of aromatic nitrogens is 2. The van der Waals surface area contributed by atoms with Gasteiger partial charge in [-0.1, -0.05) is 43.3 Å². The lowest BCUT2D eigenvalue weighted by Gasteiger charge is -2.07. The molecule has 0 radical (unpaired) electrons. The number of benzene rings is 2. The minimum Gasteiger partial charge on any atom is -0.339 e. The van der Waals surface area contributed by atoms with Gasteiger partial charge in [0.15, 0.2) is 0 Å². The Hall–Kier alpha value is -3.48. The largest absolute Gasteiger partial charge is 0.339 e. The quantitative estimate of drug-likeness (QED) is 0.549. The molecule has 160 valence electrons. The van der Waals surface area contributed by atoms with Crippen LogP contribution in [0.25, 0.3) is 11.4 Å². The van der Waals surface area contributed by atoms with Crippen molar-refractivity contribution in [1.82, 2.24) is 10.1 Å². The molecule has 7 heteroatoms. The maximum absolute atomic E-state index is 12.3. The first kappa shape index (κ1) is 20.8. The van der Waals surface area contributed by atoms with E-state index in [4.69, 9.17) is 4.52 Å². The van der Waals surface area contributed by atoms with Gasteiger partial charge in [0.2, 0.25) is 23.5 Å². The Morgan fingerprint density at radius 3 is 2.26 bits per heavy atom. The zero-order valence-corrected chi connectivity index (χ0v) is 17.7. The van der Waals surface area contributed by atoms with Gasteiger partial charge in [-0.2, -0.15) is 4.98 Å². The summed E-state index contributed by atoms with van der Waals surface area (Å²) in [5.41, 5.74) is 3.54. The van der Waals surface area contributed by atoms with Crippen molar-refractivity contribution >= 4 is 23.2 Å². The van der Waals surface area contributed by atoms with Crippen LogP contribution in [0.2, 0.25) is 0 Å². The van der Waals surface area contributed by atoms with Gasteiger partial charge in [0.1, 0.15) is 0 Å². The molecular formula is C24H26N4O3. The minimum absolute atomic E-state index is 0.0616. The number of anilines is 2. The highest BCUT2D eigenvalue weighted by Gasteiger charge is 2.29. The second kappa shape index (κ2) is 9.12. The van der Waals surface area contributed by atoms with Gasteiger partial charge in [-0.3, -0.25) is 9.59 Å². The summed E-state index contributed by atoms with van der Waals surface area (Å²) in [4.78, 5) is 28.4. The molecule has 1 saturated carbocycles. The summed E-state index contributed by atoms with van der Waals surface area (Å²) in [6.45, 7) is 4.29. The number of hydrogen-bond acceptors (Lipinski definition) is 5. The van der Waals surface area contributed by atoms with Crippen molar-refractivity contribution in [2.45, 2.75) is 45.4 Å².